The summed E-state index contributed by atoms with van der Waals surface area (Å²) in [6.45, 7) is 4.47. The molecule has 2 rings (SSSR count). The van der Waals surface area contributed by atoms with E-state index in [4.69, 9.17) is 11.6 Å². The maximum absolute atomic E-state index is 12.2. The van der Waals surface area contributed by atoms with Crippen LogP contribution >= 0.6 is 11.6 Å². The van der Waals surface area contributed by atoms with Crippen molar-refractivity contribution in [3.05, 3.63) is 29.1 Å². The Morgan fingerprint density at radius 3 is 2.63 bits per heavy atom. The zero-order chi connectivity index (χ0) is 13.9. The van der Waals surface area contributed by atoms with Gasteiger partial charge in [0, 0.05) is 23.5 Å². The Morgan fingerprint density at radius 2 is 2.05 bits per heavy atom. The molecule has 0 radical (unpaired) electrons. The summed E-state index contributed by atoms with van der Waals surface area (Å²) in [4.78, 5) is 16.5. The molecule has 1 fully saturated rings. The molecule has 1 aliphatic rings. The van der Waals surface area contributed by atoms with Gasteiger partial charge in [0.15, 0.2) is 0 Å². The second-order valence-electron chi connectivity index (χ2n) is 5.61. The molecule has 0 bridgehead atoms. The third-order valence-corrected chi connectivity index (χ3v) is 4.61. The van der Waals surface area contributed by atoms with Gasteiger partial charge < -0.3 is 5.32 Å². The number of nitrogens with zero attached hydrogens (tertiary/aromatic N) is 1. The molecule has 1 heterocycles. The first-order valence-electron chi connectivity index (χ1n) is 6.85. The number of nitrogens with one attached hydrogen (secondary N) is 1. The van der Waals surface area contributed by atoms with E-state index < -0.39 is 0 Å². The monoisotopic (exact) mass is 280 g/mol. The van der Waals surface area contributed by atoms with Gasteiger partial charge in [-0.05, 0) is 38.8 Å². The van der Waals surface area contributed by atoms with Gasteiger partial charge in [-0.1, -0.05) is 12.8 Å². The fourth-order valence-corrected chi connectivity index (χ4v) is 3.13. The van der Waals surface area contributed by atoms with E-state index >= 15 is 0 Å². The molecule has 4 heteroatoms. The van der Waals surface area contributed by atoms with E-state index in [-0.39, 0.29) is 11.3 Å². The van der Waals surface area contributed by atoms with Crippen LogP contribution in [0.3, 0.4) is 0 Å². The standard InChI is InChI=1S/C15H21ClN2O/c1-11-5-6-13(12(2)18-11)14(19)17-10-15(9-16)7-3-4-8-15/h5-6H,3-4,7-10H2,1-2H3,(H,17,19). The summed E-state index contributed by atoms with van der Waals surface area (Å²) < 4.78 is 0. The highest BCUT2D eigenvalue weighted by molar-refractivity contribution is 6.18. The lowest BCUT2D eigenvalue weighted by atomic mass is 9.88. The summed E-state index contributed by atoms with van der Waals surface area (Å²) in [5.74, 6) is 0.583. The molecule has 1 aliphatic carbocycles. The lowest BCUT2D eigenvalue weighted by molar-refractivity contribution is 0.0934. The third-order valence-electron chi connectivity index (χ3n) is 4.04. The van der Waals surface area contributed by atoms with Gasteiger partial charge in [-0.2, -0.15) is 0 Å². The van der Waals surface area contributed by atoms with Gasteiger partial charge in [0.05, 0.1) is 11.3 Å². The number of carbonyl (C=O) groups is 1. The quantitative estimate of drug-likeness (QED) is 0.861. The first-order valence-corrected chi connectivity index (χ1v) is 7.38. The molecule has 0 saturated heterocycles. The van der Waals surface area contributed by atoms with Crippen LogP contribution < -0.4 is 5.32 Å². The minimum Gasteiger partial charge on any atom is -0.351 e. The van der Waals surface area contributed by atoms with Crippen LogP contribution in [0.15, 0.2) is 12.1 Å². The summed E-state index contributed by atoms with van der Waals surface area (Å²) in [5, 5.41) is 3.03. The first-order chi connectivity index (χ1) is 9.06. The van der Waals surface area contributed by atoms with Crippen molar-refractivity contribution in [3.63, 3.8) is 0 Å². The van der Waals surface area contributed by atoms with Crippen molar-refractivity contribution in [2.45, 2.75) is 39.5 Å². The first kappa shape index (κ1) is 14.3. The van der Waals surface area contributed by atoms with E-state index in [1.54, 1.807) is 0 Å². The van der Waals surface area contributed by atoms with Crippen LogP contribution in [0.1, 0.15) is 47.4 Å². The summed E-state index contributed by atoms with van der Waals surface area (Å²) in [5.41, 5.74) is 2.47. The highest BCUT2D eigenvalue weighted by Crippen LogP contribution is 2.38. The number of halogens is 1. The van der Waals surface area contributed by atoms with Crippen molar-refractivity contribution in [2.75, 3.05) is 12.4 Å². The Hall–Kier alpha value is -1.09. The Labute approximate surface area is 119 Å². The molecular weight excluding hydrogens is 260 g/mol. The van der Waals surface area contributed by atoms with Crippen LogP contribution in [0.25, 0.3) is 0 Å². The Morgan fingerprint density at radius 1 is 1.37 bits per heavy atom. The molecule has 0 spiro atoms. The van der Waals surface area contributed by atoms with Crippen molar-refractivity contribution >= 4 is 17.5 Å². The third kappa shape index (κ3) is 3.27. The van der Waals surface area contributed by atoms with E-state index in [9.17, 15) is 4.79 Å². The number of carbonyl (C=O) groups excluding carboxylic acids is 1. The number of aryl methyl sites for hydroxylation is 2. The molecule has 0 aromatic carbocycles. The number of hydrogen-bond acceptors (Lipinski definition) is 2. The smallest absolute Gasteiger partial charge is 0.253 e. The summed E-state index contributed by atoms with van der Waals surface area (Å²) in [6.07, 6.45) is 4.66. The van der Waals surface area contributed by atoms with Gasteiger partial charge >= 0.3 is 0 Å². The fourth-order valence-electron chi connectivity index (χ4n) is 2.77. The van der Waals surface area contributed by atoms with Crippen molar-refractivity contribution in [3.8, 4) is 0 Å². The molecule has 0 atom stereocenters. The van der Waals surface area contributed by atoms with Gasteiger partial charge in [-0.15, -0.1) is 11.6 Å². The second kappa shape index (κ2) is 5.91. The number of alkyl halides is 1. The average molecular weight is 281 g/mol. The molecule has 104 valence electrons. The predicted molar refractivity (Wildman–Crippen MR) is 77.7 cm³/mol. The summed E-state index contributed by atoms with van der Waals surface area (Å²) >= 11 is 6.08. The molecule has 0 unspecified atom stereocenters. The molecule has 1 N–H and O–H groups in total. The van der Waals surface area contributed by atoms with Gasteiger partial charge in [-0.25, -0.2) is 0 Å². The van der Waals surface area contributed by atoms with E-state index in [1.165, 1.54) is 12.8 Å². The number of amides is 1. The minimum absolute atomic E-state index is 0.0404. The van der Waals surface area contributed by atoms with Crippen molar-refractivity contribution in [1.82, 2.24) is 10.3 Å². The lowest BCUT2D eigenvalue weighted by Crippen LogP contribution is -2.37. The highest BCUT2D eigenvalue weighted by atomic mass is 35.5. The zero-order valence-electron chi connectivity index (χ0n) is 11.6. The van der Waals surface area contributed by atoms with Gasteiger partial charge in [0.1, 0.15) is 0 Å². The molecule has 3 nitrogen and oxygen atoms in total. The van der Waals surface area contributed by atoms with E-state index in [2.05, 4.69) is 10.3 Å². The molecule has 19 heavy (non-hydrogen) atoms. The van der Waals surface area contributed by atoms with Crippen LogP contribution in [0.5, 0.6) is 0 Å². The Balaban J connectivity index is 2.01. The maximum atomic E-state index is 12.2. The van der Waals surface area contributed by atoms with E-state index in [0.29, 0.717) is 18.0 Å². The van der Waals surface area contributed by atoms with Crippen LogP contribution in [-0.2, 0) is 0 Å². The largest absolute Gasteiger partial charge is 0.351 e. The van der Waals surface area contributed by atoms with Crippen molar-refractivity contribution < 1.29 is 4.79 Å². The Kier molecular flexibility index (Phi) is 4.46. The number of hydrogen-bond donors (Lipinski definition) is 1. The van der Waals surface area contributed by atoms with Gasteiger partial charge in [0.2, 0.25) is 0 Å². The number of rotatable bonds is 4. The normalized spacial score (nSPS) is 17.4. The molecule has 1 aromatic heterocycles. The molecule has 1 amide bonds. The summed E-state index contributed by atoms with van der Waals surface area (Å²) in [6, 6.07) is 3.71. The number of pyridine rings is 1. The lowest BCUT2D eigenvalue weighted by Gasteiger charge is -2.26. The van der Waals surface area contributed by atoms with Crippen LogP contribution in [0, 0.1) is 19.3 Å². The topological polar surface area (TPSA) is 42.0 Å². The van der Waals surface area contributed by atoms with E-state index in [0.717, 1.165) is 24.2 Å². The van der Waals surface area contributed by atoms with E-state index in [1.807, 2.05) is 26.0 Å². The second-order valence-corrected chi connectivity index (χ2v) is 5.88. The molecule has 0 aliphatic heterocycles. The molecule has 1 saturated carbocycles. The molecule has 1 aromatic rings. The van der Waals surface area contributed by atoms with Crippen molar-refractivity contribution in [2.24, 2.45) is 5.41 Å². The van der Waals surface area contributed by atoms with Gasteiger partial charge in [0.25, 0.3) is 5.91 Å². The minimum atomic E-state index is -0.0404. The van der Waals surface area contributed by atoms with Crippen LogP contribution in [-0.4, -0.2) is 23.3 Å². The molecular formula is C15H21ClN2O. The van der Waals surface area contributed by atoms with Gasteiger partial charge in [-0.3, -0.25) is 9.78 Å². The maximum Gasteiger partial charge on any atom is 0.253 e. The Bertz CT molecular complexity index is 467. The van der Waals surface area contributed by atoms with Crippen LogP contribution in [0.2, 0.25) is 0 Å². The zero-order valence-corrected chi connectivity index (χ0v) is 12.4. The summed E-state index contributed by atoms with van der Waals surface area (Å²) in [7, 11) is 0. The van der Waals surface area contributed by atoms with Crippen LogP contribution in [0.4, 0.5) is 0 Å². The average Bonchev–Trinajstić information content (AvgIpc) is 2.85. The predicted octanol–water partition coefficient (Wildman–Crippen LogP) is 3.23. The highest BCUT2D eigenvalue weighted by Gasteiger charge is 2.33. The fraction of sp³-hybridized carbons (Fsp3) is 0.600. The SMILES string of the molecule is Cc1ccc(C(=O)NCC2(CCl)CCCC2)c(C)n1. The number of aromatic nitrogens is 1. The van der Waals surface area contributed by atoms with Crippen molar-refractivity contribution in [1.29, 1.82) is 0 Å².